The van der Waals surface area contributed by atoms with Gasteiger partial charge in [-0.25, -0.2) is 14.4 Å². The number of benzene rings is 1. The first-order valence-corrected chi connectivity index (χ1v) is 9.70. The molecule has 8 heteroatoms. The Bertz CT molecular complexity index is 732. The second-order valence-electron chi connectivity index (χ2n) is 6.41. The number of rotatable bonds is 7. The van der Waals surface area contributed by atoms with E-state index in [1.165, 1.54) is 12.1 Å². The number of guanidine groups is 1. The number of ether oxygens (including phenoxy) is 1. The Morgan fingerprint density at radius 3 is 2.54 bits per heavy atom. The molecule has 0 spiro atoms. The molecule has 1 aliphatic heterocycles. The lowest BCUT2D eigenvalue weighted by atomic mass is 10.3. The van der Waals surface area contributed by atoms with Crippen molar-refractivity contribution in [2.24, 2.45) is 4.99 Å². The first-order chi connectivity index (χ1) is 13.8. The molecule has 1 N–H and O–H groups in total. The molecule has 7 nitrogen and oxygen atoms in total. The maximum absolute atomic E-state index is 12.9. The highest BCUT2D eigenvalue weighted by Crippen LogP contribution is 2.12. The van der Waals surface area contributed by atoms with Gasteiger partial charge in [-0.3, -0.25) is 4.99 Å². The van der Waals surface area contributed by atoms with Crippen molar-refractivity contribution in [2.75, 3.05) is 50.8 Å². The predicted octanol–water partition coefficient (Wildman–Crippen LogP) is 2.17. The van der Waals surface area contributed by atoms with Crippen LogP contribution < -0.4 is 15.0 Å². The average Bonchev–Trinajstić information content (AvgIpc) is 2.75. The fraction of sp³-hybridized carbons (Fsp3) is 0.450. The van der Waals surface area contributed by atoms with Gasteiger partial charge in [-0.1, -0.05) is 0 Å². The van der Waals surface area contributed by atoms with Crippen LogP contribution in [-0.4, -0.2) is 66.7 Å². The number of anilines is 1. The van der Waals surface area contributed by atoms with E-state index >= 15 is 0 Å². The summed E-state index contributed by atoms with van der Waals surface area (Å²) >= 11 is 0. The Morgan fingerprint density at radius 1 is 1.14 bits per heavy atom. The summed E-state index contributed by atoms with van der Waals surface area (Å²) < 4.78 is 18.5. The van der Waals surface area contributed by atoms with Crippen molar-refractivity contribution in [3.05, 3.63) is 48.5 Å². The van der Waals surface area contributed by atoms with Crippen LogP contribution in [0.1, 0.15) is 13.3 Å². The summed E-state index contributed by atoms with van der Waals surface area (Å²) in [4.78, 5) is 17.8. The van der Waals surface area contributed by atoms with Crippen LogP contribution in [0.2, 0.25) is 0 Å². The predicted molar refractivity (Wildman–Crippen MR) is 108 cm³/mol. The minimum Gasteiger partial charge on any atom is -0.494 e. The number of nitrogens with zero attached hydrogens (tertiary/aromatic N) is 5. The molecule has 1 aromatic carbocycles. The lowest BCUT2D eigenvalue weighted by Crippen LogP contribution is -2.53. The third-order valence-electron chi connectivity index (χ3n) is 4.40. The fourth-order valence-corrected chi connectivity index (χ4v) is 2.97. The van der Waals surface area contributed by atoms with Crippen molar-refractivity contribution in [1.29, 1.82) is 0 Å². The second-order valence-corrected chi connectivity index (χ2v) is 6.41. The zero-order chi connectivity index (χ0) is 19.6. The van der Waals surface area contributed by atoms with Gasteiger partial charge < -0.3 is 19.9 Å². The average molecular weight is 386 g/mol. The van der Waals surface area contributed by atoms with Gasteiger partial charge in [0.15, 0.2) is 5.96 Å². The first kappa shape index (κ1) is 19.9. The van der Waals surface area contributed by atoms with Gasteiger partial charge in [0.25, 0.3) is 0 Å². The highest BCUT2D eigenvalue weighted by atomic mass is 19.1. The van der Waals surface area contributed by atoms with Crippen molar-refractivity contribution in [1.82, 2.24) is 20.2 Å². The summed E-state index contributed by atoms with van der Waals surface area (Å²) in [5, 5.41) is 3.37. The quantitative estimate of drug-likeness (QED) is 0.447. The lowest BCUT2D eigenvalue weighted by molar-refractivity contribution is 0.312. The lowest BCUT2D eigenvalue weighted by Gasteiger charge is -2.36. The van der Waals surface area contributed by atoms with Crippen LogP contribution in [0.5, 0.6) is 5.75 Å². The smallest absolute Gasteiger partial charge is 0.225 e. The number of hydrogen-bond donors (Lipinski definition) is 1. The van der Waals surface area contributed by atoms with E-state index in [0.717, 1.165) is 51.1 Å². The fourth-order valence-electron chi connectivity index (χ4n) is 2.97. The minimum absolute atomic E-state index is 0.258. The van der Waals surface area contributed by atoms with Gasteiger partial charge in [0.2, 0.25) is 5.95 Å². The molecule has 1 fully saturated rings. The van der Waals surface area contributed by atoms with E-state index in [9.17, 15) is 4.39 Å². The van der Waals surface area contributed by atoms with Gasteiger partial charge >= 0.3 is 0 Å². The molecule has 0 unspecified atom stereocenters. The summed E-state index contributed by atoms with van der Waals surface area (Å²) in [7, 11) is 0. The van der Waals surface area contributed by atoms with Crippen LogP contribution in [-0.2, 0) is 0 Å². The minimum atomic E-state index is -0.258. The molecule has 2 heterocycles. The number of hydrogen-bond acceptors (Lipinski definition) is 5. The van der Waals surface area contributed by atoms with E-state index in [1.807, 2.05) is 6.07 Å². The summed E-state index contributed by atoms with van der Waals surface area (Å²) in [6, 6.07) is 7.90. The van der Waals surface area contributed by atoms with Crippen LogP contribution in [0.15, 0.2) is 47.7 Å². The van der Waals surface area contributed by atoms with E-state index in [0.29, 0.717) is 18.9 Å². The summed E-state index contributed by atoms with van der Waals surface area (Å²) in [5.41, 5.74) is 0. The highest BCUT2D eigenvalue weighted by Gasteiger charge is 2.20. The van der Waals surface area contributed by atoms with Crippen molar-refractivity contribution in [3.63, 3.8) is 0 Å². The zero-order valence-corrected chi connectivity index (χ0v) is 16.2. The highest BCUT2D eigenvalue weighted by molar-refractivity contribution is 5.80. The van der Waals surface area contributed by atoms with Crippen LogP contribution in [0.3, 0.4) is 0 Å². The van der Waals surface area contributed by atoms with E-state index in [-0.39, 0.29) is 5.82 Å². The summed E-state index contributed by atoms with van der Waals surface area (Å²) in [5.74, 6) is 2.13. The van der Waals surface area contributed by atoms with Gasteiger partial charge in [-0.2, -0.15) is 0 Å². The Hall–Kier alpha value is -2.90. The molecule has 0 atom stereocenters. The second kappa shape index (κ2) is 10.4. The van der Waals surface area contributed by atoms with Gasteiger partial charge in [-0.05, 0) is 37.3 Å². The third kappa shape index (κ3) is 5.80. The Morgan fingerprint density at radius 2 is 1.86 bits per heavy atom. The van der Waals surface area contributed by atoms with Crippen molar-refractivity contribution >= 4 is 11.9 Å². The number of halogens is 1. The number of piperazine rings is 1. The molecular formula is C20H27FN6O. The normalized spacial score (nSPS) is 14.9. The zero-order valence-electron chi connectivity index (χ0n) is 16.2. The van der Waals surface area contributed by atoms with Crippen LogP contribution in [0.25, 0.3) is 0 Å². The molecule has 0 aliphatic carbocycles. The topological polar surface area (TPSA) is 65.9 Å². The van der Waals surface area contributed by atoms with Gasteiger partial charge in [0, 0.05) is 58.1 Å². The maximum Gasteiger partial charge on any atom is 0.225 e. The molecule has 3 rings (SSSR count). The SMILES string of the molecule is CCNC(=NCCCOc1ccc(F)cc1)N1CCN(c2ncccn2)CC1. The summed E-state index contributed by atoms with van der Waals surface area (Å²) in [6.45, 7) is 7.59. The van der Waals surface area contributed by atoms with Gasteiger partial charge in [0.1, 0.15) is 11.6 Å². The van der Waals surface area contributed by atoms with Crippen LogP contribution in [0, 0.1) is 5.82 Å². The molecule has 0 radical (unpaired) electrons. The largest absolute Gasteiger partial charge is 0.494 e. The molecule has 1 aliphatic rings. The van der Waals surface area contributed by atoms with E-state index in [4.69, 9.17) is 9.73 Å². The molecular weight excluding hydrogens is 359 g/mol. The van der Waals surface area contributed by atoms with Crippen LogP contribution >= 0.6 is 0 Å². The number of nitrogens with one attached hydrogen (secondary N) is 1. The Labute approximate surface area is 165 Å². The molecule has 0 amide bonds. The van der Waals surface area contributed by atoms with Gasteiger partial charge in [-0.15, -0.1) is 0 Å². The van der Waals surface area contributed by atoms with E-state index < -0.39 is 0 Å². The maximum atomic E-state index is 12.9. The molecule has 150 valence electrons. The van der Waals surface area contributed by atoms with Crippen LogP contribution in [0.4, 0.5) is 10.3 Å². The first-order valence-electron chi connectivity index (χ1n) is 9.70. The van der Waals surface area contributed by atoms with Crippen molar-refractivity contribution < 1.29 is 9.13 Å². The standard InChI is InChI=1S/C20H27FN6O/c1-2-22-19(25-11-4-16-28-18-7-5-17(21)6-8-18)26-12-14-27(15-13-26)20-23-9-3-10-24-20/h3,5-10H,2,4,11-16H2,1H3,(H,22,25). The van der Waals surface area contributed by atoms with Gasteiger partial charge in [0.05, 0.1) is 6.61 Å². The monoisotopic (exact) mass is 386 g/mol. The van der Waals surface area contributed by atoms with Crippen molar-refractivity contribution in [3.8, 4) is 5.75 Å². The molecule has 1 saturated heterocycles. The van der Waals surface area contributed by atoms with E-state index in [1.54, 1.807) is 24.5 Å². The Balaban J connectivity index is 1.44. The molecule has 0 bridgehead atoms. The Kier molecular flexibility index (Phi) is 7.40. The van der Waals surface area contributed by atoms with E-state index in [2.05, 4.69) is 32.0 Å². The number of aliphatic imine (C=N–C) groups is 1. The molecule has 2 aromatic rings. The number of aromatic nitrogens is 2. The third-order valence-corrected chi connectivity index (χ3v) is 4.40. The molecule has 1 aromatic heterocycles. The van der Waals surface area contributed by atoms with Crippen molar-refractivity contribution in [2.45, 2.75) is 13.3 Å². The summed E-state index contributed by atoms with van der Waals surface area (Å²) in [6.07, 6.45) is 4.34. The molecule has 28 heavy (non-hydrogen) atoms. The molecule has 0 saturated carbocycles.